The molecule has 1 aliphatic rings. The van der Waals surface area contributed by atoms with Crippen LogP contribution in [0.5, 0.6) is 0 Å². The second-order valence-electron chi connectivity index (χ2n) is 6.93. The zero-order valence-electron chi connectivity index (χ0n) is 13.6. The van der Waals surface area contributed by atoms with Crippen LogP contribution in [-0.2, 0) is 0 Å². The lowest BCUT2D eigenvalue weighted by Gasteiger charge is -2.40. The molecule has 4 nitrogen and oxygen atoms in total. The Morgan fingerprint density at radius 3 is 2.67 bits per heavy atom. The van der Waals surface area contributed by atoms with Gasteiger partial charge in [-0.15, -0.1) is 0 Å². The molecule has 1 fully saturated rings. The second-order valence-corrected chi connectivity index (χ2v) is 6.93. The molecule has 0 saturated heterocycles. The van der Waals surface area contributed by atoms with Crippen molar-refractivity contribution in [1.29, 1.82) is 0 Å². The van der Waals surface area contributed by atoms with Gasteiger partial charge >= 0.3 is 0 Å². The number of nitrogens with one attached hydrogen (secondary N) is 1. The van der Waals surface area contributed by atoms with Gasteiger partial charge in [0, 0.05) is 25.7 Å². The molecule has 21 heavy (non-hydrogen) atoms. The molecular weight excluding hydrogens is 262 g/mol. The van der Waals surface area contributed by atoms with E-state index in [4.69, 9.17) is 5.73 Å². The highest BCUT2D eigenvalue weighted by atomic mass is 16.2. The van der Waals surface area contributed by atoms with Crippen molar-refractivity contribution in [3.63, 3.8) is 0 Å². The summed E-state index contributed by atoms with van der Waals surface area (Å²) in [7, 11) is 3.52. The average molecular weight is 289 g/mol. The predicted molar refractivity (Wildman–Crippen MR) is 88.5 cm³/mol. The summed E-state index contributed by atoms with van der Waals surface area (Å²) in [5, 5.41) is 3.58. The van der Waals surface area contributed by atoms with Crippen molar-refractivity contribution in [1.82, 2.24) is 4.90 Å². The van der Waals surface area contributed by atoms with Gasteiger partial charge in [0.1, 0.15) is 0 Å². The fourth-order valence-electron chi connectivity index (χ4n) is 3.02. The number of hydrogen-bond donors (Lipinski definition) is 2. The Morgan fingerprint density at radius 2 is 2.05 bits per heavy atom. The molecule has 1 aromatic rings. The van der Waals surface area contributed by atoms with Crippen molar-refractivity contribution in [3.8, 4) is 0 Å². The van der Waals surface area contributed by atoms with Gasteiger partial charge in [-0.25, -0.2) is 0 Å². The molecule has 0 aromatic heterocycles. The van der Waals surface area contributed by atoms with Crippen molar-refractivity contribution in [2.75, 3.05) is 25.1 Å². The molecule has 4 heteroatoms. The van der Waals surface area contributed by atoms with Gasteiger partial charge in [-0.05, 0) is 36.5 Å². The largest absolute Gasteiger partial charge is 0.397 e. The molecule has 0 radical (unpaired) electrons. The molecule has 0 heterocycles. The van der Waals surface area contributed by atoms with E-state index >= 15 is 0 Å². The Kier molecular flexibility index (Phi) is 4.45. The van der Waals surface area contributed by atoms with Gasteiger partial charge in [0.05, 0.1) is 11.4 Å². The molecule has 0 aliphatic heterocycles. The van der Waals surface area contributed by atoms with E-state index in [0.717, 1.165) is 12.1 Å². The molecule has 2 rings (SSSR count). The minimum absolute atomic E-state index is 0.000884. The molecule has 0 spiro atoms. The molecule has 1 aliphatic carbocycles. The summed E-state index contributed by atoms with van der Waals surface area (Å²) in [6.45, 7) is 4.60. The number of hydrogen-bond acceptors (Lipinski definition) is 3. The Morgan fingerprint density at radius 1 is 1.33 bits per heavy atom. The topological polar surface area (TPSA) is 58.4 Å². The third-order valence-corrected chi connectivity index (χ3v) is 4.54. The quantitative estimate of drug-likeness (QED) is 0.839. The van der Waals surface area contributed by atoms with E-state index in [1.54, 1.807) is 25.1 Å². The monoisotopic (exact) mass is 289 g/mol. The summed E-state index contributed by atoms with van der Waals surface area (Å²) in [6, 6.07) is 5.88. The lowest BCUT2D eigenvalue weighted by molar-refractivity contribution is 0.0827. The number of anilines is 2. The van der Waals surface area contributed by atoms with Crippen molar-refractivity contribution >= 4 is 17.3 Å². The highest BCUT2D eigenvalue weighted by Gasteiger charge is 2.32. The maximum Gasteiger partial charge on any atom is 0.253 e. The Hall–Kier alpha value is -1.71. The van der Waals surface area contributed by atoms with E-state index in [-0.39, 0.29) is 11.3 Å². The van der Waals surface area contributed by atoms with Gasteiger partial charge in [0.15, 0.2) is 0 Å². The van der Waals surface area contributed by atoms with E-state index < -0.39 is 0 Å². The van der Waals surface area contributed by atoms with Crippen LogP contribution in [0.1, 0.15) is 49.9 Å². The number of carbonyl (C=O) groups is 1. The molecule has 1 amide bonds. The summed E-state index contributed by atoms with van der Waals surface area (Å²) in [4.78, 5) is 13.7. The number of nitrogens with two attached hydrogens (primary N) is 1. The Balaban J connectivity index is 2.23. The average Bonchev–Trinajstić information content (AvgIpc) is 2.42. The highest BCUT2D eigenvalue weighted by Crippen LogP contribution is 2.38. The van der Waals surface area contributed by atoms with Crippen LogP contribution in [-0.4, -0.2) is 30.9 Å². The van der Waals surface area contributed by atoms with Crippen LogP contribution in [0.2, 0.25) is 0 Å². The second kappa shape index (κ2) is 5.96. The molecule has 1 unspecified atom stereocenters. The SMILES string of the molecule is CN(C)C(=O)c1ccc(N)c(NC2CCCCC2(C)C)c1. The first-order chi connectivity index (χ1) is 9.81. The molecule has 1 saturated carbocycles. The van der Waals surface area contributed by atoms with Crippen LogP contribution in [0.3, 0.4) is 0 Å². The Bertz CT molecular complexity index is 523. The summed E-state index contributed by atoms with van der Waals surface area (Å²) >= 11 is 0. The van der Waals surface area contributed by atoms with Crippen LogP contribution in [0.15, 0.2) is 18.2 Å². The lowest BCUT2D eigenvalue weighted by atomic mass is 9.73. The van der Waals surface area contributed by atoms with Crippen molar-refractivity contribution in [2.24, 2.45) is 5.41 Å². The van der Waals surface area contributed by atoms with E-state index in [1.165, 1.54) is 19.3 Å². The Labute approximate surface area is 127 Å². The molecule has 3 N–H and O–H groups in total. The third-order valence-electron chi connectivity index (χ3n) is 4.54. The summed E-state index contributed by atoms with van der Waals surface area (Å²) in [5.74, 6) is 0.000884. The fourth-order valence-corrected chi connectivity index (χ4v) is 3.02. The van der Waals surface area contributed by atoms with Crippen LogP contribution in [0.4, 0.5) is 11.4 Å². The van der Waals surface area contributed by atoms with Gasteiger partial charge in [-0.2, -0.15) is 0 Å². The van der Waals surface area contributed by atoms with Gasteiger partial charge in [0.2, 0.25) is 0 Å². The fraction of sp³-hybridized carbons (Fsp3) is 0.588. The number of rotatable bonds is 3. The zero-order valence-corrected chi connectivity index (χ0v) is 13.6. The zero-order chi connectivity index (χ0) is 15.6. The normalized spacial score (nSPS) is 20.9. The number of nitrogen functional groups attached to an aromatic ring is 1. The van der Waals surface area contributed by atoms with Crippen LogP contribution >= 0.6 is 0 Å². The van der Waals surface area contributed by atoms with Crippen molar-refractivity contribution in [2.45, 2.75) is 45.6 Å². The maximum absolute atomic E-state index is 12.1. The highest BCUT2D eigenvalue weighted by molar-refractivity contribution is 5.95. The van der Waals surface area contributed by atoms with Crippen LogP contribution in [0, 0.1) is 5.41 Å². The van der Waals surface area contributed by atoms with Gasteiger partial charge < -0.3 is 16.0 Å². The first kappa shape index (κ1) is 15.7. The van der Waals surface area contributed by atoms with E-state index in [9.17, 15) is 4.79 Å². The maximum atomic E-state index is 12.1. The molecule has 116 valence electrons. The first-order valence-electron chi connectivity index (χ1n) is 7.69. The van der Waals surface area contributed by atoms with Crippen LogP contribution < -0.4 is 11.1 Å². The summed E-state index contributed by atoms with van der Waals surface area (Å²) in [6.07, 6.45) is 4.91. The van der Waals surface area contributed by atoms with Crippen molar-refractivity contribution < 1.29 is 4.79 Å². The third kappa shape index (κ3) is 3.49. The number of amides is 1. The first-order valence-corrected chi connectivity index (χ1v) is 7.69. The van der Waals surface area contributed by atoms with Gasteiger partial charge in [-0.3, -0.25) is 4.79 Å². The minimum atomic E-state index is 0.000884. The number of benzene rings is 1. The van der Waals surface area contributed by atoms with Crippen molar-refractivity contribution in [3.05, 3.63) is 23.8 Å². The number of carbonyl (C=O) groups excluding carboxylic acids is 1. The lowest BCUT2D eigenvalue weighted by Crippen LogP contribution is -2.39. The molecular formula is C17H27N3O. The standard InChI is InChI=1S/C17H27N3O/c1-17(2)10-6-5-7-15(17)19-14-11-12(8-9-13(14)18)16(21)20(3)4/h8-9,11,15,19H,5-7,10,18H2,1-4H3. The smallest absolute Gasteiger partial charge is 0.253 e. The molecule has 1 aromatic carbocycles. The van der Waals surface area contributed by atoms with Gasteiger partial charge in [0.25, 0.3) is 5.91 Å². The van der Waals surface area contributed by atoms with E-state index in [2.05, 4.69) is 19.2 Å². The van der Waals surface area contributed by atoms with E-state index in [1.807, 2.05) is 12.1 Å². The number of nitrogens with zero attached hydrogens (tertiary/aromatic N) is 1. The summed E-state index contributed by atoms with van der Waals surface area (Å²) < 4.78 is 0. The van der Waals surface area contributed by atoms with Crippen LogP contribution in [0.25, 0.3) is 0 Å². The van der Waals surface area contributed by atoms with Gasteiger partial charge in [-0.1, -0.05) is 26.7 Å². The summed E-state index contributed by atoms with van der Waals surface area (Å²) in [5.41, 5.74) is 8.59. The molecule has 1 atom stereocenters. The molecule has 0 bridgehead atoms. The predicted octanol–water partition coefficient (Wildman–Crippen LogP) is 3.35. The minimum Gasteiger partial charge on any atom is -0.397 e. The van der Waals surface area contributed by atoms with E-state index in [0.29, 0.717) is 17.3 Å².